The average Bonchev–Trinajstić information content (AvgIpc) is 2.90. The number of amides is 1. The maximum atomic E-state index is 13.4. The normalized spacial score (nSPS) is 12.4. The van der Waals surface area contributed by atoms with Gasteiger partial charge in [-0.25, -0.2) is 13.2 Å². The fourth-order valence-electron chi connectivity index (χ4n) is 4.13. The van der Waals surface area contributed by atoms with E-state index in [-0.39, 0.29) is 16.7 Å². The van der Waals surface area contributed by atoms with Crippen LogP contribution in [0.15, 0.2) is 87.3 Å². The van der Waals surface area contributed by atoms with Crippen LogP contribution in [-0.4, -0.2) is 29.5 Å². The van der Waals surface area contributed by atoms with Crippen LogP contribution in [0.1, 0.15) is 18.1 Å². The highest BCUT2D eigenvalue weighted by molar-refractivity contribution is 7.89. The summed E-state index contributed by atoms with van der Waals surface area (Å²) in [5.74, 6) is -0.514. The lowest BCUT2D eigenvalue weighted by Crippen LogP contribution is -2.45. The first kappa shape index (κ1) is 26.1. The van der Waals surface area contributed by atoms with Crippen molar-refractivity contribution in [3.8, 4) is 0 Å². The lowest BCUT2D eigenvalue weighted by molar-refractivity contribution is -0.117. The van der Waals surface area contributed by atoms with E-state index in [9.17, 15) is 22.8 Å². The molecule has 0 saturated carbocycles. The van der Waals surface area contributed by atoms with E-state index in [2.05, 4.69) is 10.0 Å². The summed E-state index contributed by atoms with van der Waals surface area (Å²) in [6.07, 6.45) is 0.903. The number of carbonyl (C=O) groups excluding carboxylic acids is 1. The van der Waals surface area contributed by atoms with Gasteiger partial charge in [0.15, 0.2) is 0 Å². The van der Waals surface area contributed by atoms with E-state index in [4.69, 9.17) is 0 Å². The van der Waals surface area contributed by atoms with Gasteiger partial charge < -0.3 is 5.32 Å². The third-order valence-corrected chi connectivity index (χ3v) is 7.72. The standard InChI is InChI=1S/C27H28N4O5S/c1-4-18-11-8-12-20(15-18)28-25(32)23(16-19-9-6-5-7-10-19)29-37(35,36)21-13-14-24-22(17-21)26(33)31(3)27(34)30(24)2/h5-15,17,23,29H,4,16H2,1-3H3,(H,28,32)/t23-/m1/s1. The molecule has 0 unspecified atom stereocenters. The number of aryl methyl sites for hydroxylation is 2. The molecule has 2 N–H and O–H groups in total. The second kappa shape index (κ2) is 10.5. The molecule has 1 heterocycles. The fourth-order valence-corrected chi connectivity index (χ4v) is 5.35. The maximum absolute atomic E-state index is 13.4. The van der Waals surface area contributed by atoms with Crippen molar-refractivity contribution in [1.82, 2.24) is 13.9 Å². The molecule has 0 fully saturated rings. The van der Waals surface area contributed by atoms with Gasteiger partial charge in [0.25, 0.3) is 5.56 Å². The Morgan fingerprint density at radius 2 is 1.59 bits per heavy atom. The first-order valence-electron chi connectivity index (χ1n) is 11.8. The van der Waals surface area contributed by atoms with E-state index in [1.807, 2.05) is 55.5 Å². The summed E-state index contributed by atoms with van der Waals surface area (Å²) in [4.78, 5) is 38.0. The molecule has 10 heteroatoms. The third-order valence-electron chi connectivity index (χ3n) is 6.25. The molecule has 37 heavy (non-hydrogen) atoms. The first-order valence-corrected chi connectivity index (χ1v) is 13.2. The van der Waals surface area contributed by atoms with Crippen LogP contribution in [0.25, 0.3) is 10.9 Å². The van der Waals surface area contributed by atoms with Crippen LogP contribution in [0.3, 0.4) is 0 Å². The van der Waals surface area contributed by atoms with Gasteiger partial charge in [-0.15, -0.1) is 0 Å². The summed E-state index contributed by atoms with van der Waals surface area (Å²) < 4.78 is 31.5. The molecule has 0 aliphatic rings. The zero-order valence-corrected chi connectivity index (χ0v) is 21.6. The lowest BCUT2D eigenvalue weighted by atomic mass is 10.1. The topological polar surface area (TPSA) is 119 Å². The summed E-state index contributed by atoms with van der Waals surface area (Å²) in [7, 11) is -1.39. The van der Waals surface area contributed by atoms with Crippen LogP contribution < -0.4 is 21.3 Å². The Labute approximate surface area is 214 Å². The molecule has 0 aliphatic heterocycles. The van der Waals surface area contributed by atoms with Crippen LogP contribution in [0.4, 0.5) is 5.69 Å². The summed E-state index contributed by atoms with van der Waals surface area (Å²) >= 11 is 0. The van der Waals surface area contributed by atoms with Crippen LogP contribution >= 0.6 is 0 Å². The molecule has 1 atom stereocenters. The van der Waals surface area contributed by atoms with Crippen LogP contribution in [0.2, 0.25) is 0 Å². The van der Waals surface area contributed by atoms with Gasteiger partial charge in [-0.05, 0) is 54.3 Å². The molecular weight excluding hydrogens is 492 g/mol. The predicted molar refractivity (Wildman–Crippen MR) is 143 cm³/mol. The number of benzene rings is 3. The van der Waals surface area contributed by atoms with Crippen molar-refractivity contribution in [1.29, 1.82) is 0 Å². The number of sulfonamides is 1. The monoisotopic (exact) mass is 520 g/mol. The van der Waals surface area contributed by atoms with Gasteiger partial charge in [-0.3, -0.25) is 18.7 Å². The molecule has 9 nitrogen and oxygen atoms in total. The Balaban J connectivity index is 1.70. The van der Waals surface area contributed by atoms with Crippen LogP contribution in [0, 0.1) is 0 Å². The fraction of sp³-hybridized carbons (Fsp3) is 0.222. The number of nitrogens with zero attached hydrogens (tertiary/aromatic N) is 2. The van der Waals surface area contributed by atoms with Crippen molar-refractivity contribution in [2.75, 3.05) is 5.32 Å². The molecule has 3 aromatic carbocycles. The molecule has 0 bridgehead atoms. The second-order valence-electron chi connectivity index (χ2n) is 8.79. The molecular formula is C27H28N4O5S. The predicted octanol–water partition coefficient (Wildman–Crippen LogP) is 2.33. The number of hydrogen-bond donors (Lipinski definition) is 2. The van der Waals surface area contributed by atoms with Crippen molar-refractivity contribution in [2.45, 2.75) is 30.7 Å². The lowest BCUT2D eigenvalue weighted by Gasteiger charge is -2.19. The number of carbonyl (C=O) groups is 1. The Kier molecular flexibility index (Phi) is 7.42. The second-order valence-corrected chi connectivity index (χ2v) is 10.5. The number of anilines is 1. The minimum Gasteiger partial charge on any atom is -0.325 e. The van der Waals surface area contributed by atoms with Gasteiger partial charge in [0.2, 0.25) is 15.9 Å². The van der Waals surface area contributed by atoms with E-state index in [0.717, 1.165) is 22.1 Å². The Hall–Kier alpha value is -4.02. The minimum atomic E-state index is -4.22. The molecule has 0 saturated heterocycles. The van der Waals surface area contributed by atoms with Crippen molar-refractivity contribution in [3.05, 3.63) is 105 Å². The van der Waals surface area contributed by atoms with Crippen molar-refractivity contribution in [2.24, 2.45) is 14.1 Å². The average molecular weight is 521 g/mol. The number of rotatable bonds is 8. The van der Waals surface area contributed by atoms with Gasteiger partial charge in [0.1, 0.15) is 6.04 Å². The molecule has 1 amide bonds. The minimum absolute atomic E-state index is 0.0768. The van der Waals surface area contributed by atoms with Gasteiger partial charge in [-0.1, -0.05) is 49.4 Å². The molecule has 0 radical (unpaired) electrons. The van der Waals surface area contributed by atoms with Crippen LogP contribution in [-0.2, 0) is 41.8 Å². The van der Waals surface area contributed by atoms with Crippen molar-refractivity contribution < 1.29 is 13.2 Å². The van der Waals surface area contributed by atoms with E-state index in [1.165, 1.54) is 36.9 Å². The summed E-state index contributed by atoms with van der Waals surface area (Å²) in [6, 6.07) is 19.3. The molecule has 0 spiro atoms. The highest BCUT2D eigenvalue weighted by atomic mass is 32.2. The van der Waals surface area contributed by atoms with Crippen LogP contribution in [0.5, 0.6) is 0 Å². The first-order chi connectivity index (χ1) is 17.6. The van der Waals surface area contributed by atoms with Gasteiger partial charge in [0.05, 0.1) is 15.8 Å². The molecule has 4 rings (SSSR count). The van der Waals surface area contributed by atoms with Gasteiger partial charge in [0, 0.05) is 19.8 Å². The highest BCUT2D eigenvalue weighted by Crippen LogP contribution is 2.18. The Morgan fingerprint density at radius 1 is 0.892 bits per heavy atom. The zero-order chi connectivity index (χ0) is 26.7. The molecule has 0 aliphatic carbocycles. The summed E-state index contributed by atoms with van der Waals surface area (Å²) in [6.45, 7) is 2.00. The van der Waals surface area contributed by atoms with Gasteiger partial charge >= 0.3 is 5.69 Å². The molecule has 192 valence electrons. The smallest absolute Gasteiger partial charge is 0.325 e. The van der Waals surface area contributed by atoms with E-state index in [1.54, 1.807) is 6.07 Å². The maximum Gasteiger partial charge on any atom is 0.330 e. The number of fused-ring (bicyclic) bond motifs is 1. The largest absolute Gasteiger partial charge is 0.330 e. The number of nitrogens with one attached hydrogen (secondary N) is 2. The SMILES string of the molecule is CCc1cccc(NC(=O)[C@@H](Cc2ccccc2)NS(=O)(=O)c2ccc3c(c2)c(=O)n(C)c(=O)n3C)c1. The molecule has 4 aromatic rings. The van der Waals surface area contributed by atoms with Crippen molar-refractivity contribution >= 4 is 32.5 Å². The number of aromatic nitrogens is 2. The summed E-state index contributed by atoms with van der Waals surface area (Å²) in [5, 5.41) is 2.89. The summed E-state index contributed by atoms with van der Waals surface area (Å²) in [5.41, 5.74) is 1.56. The molecule has 1 aromatic heterocycles. The van der Waals surface area contributed by atoms with E-state index in [0.29, 0.717) is 11.2 Å². The number of hydrogen-bond acceptors (Lipinski definition) is 5. The Morgan fingerprint density at radius 3 is 2.30 bits per heavy atom. The Bertz CT molecular complexity index is 1690. The zero-order valence-electron chi connectivity index (χ0n) is 20.8. The van der Waals surface area contributed by atoms with Crippen molar-refractivity contribution in [3.63, 3.8) is 0 Å². The van der Waals surface area contributed by atoms with E-state index >= 15 is 0 Å². The quantitative estimate of drug-likeness (QED) is 0.370. The third kappa shape index (κ3) is 5.55. The van der Waals surface area contributed by atoms with Gasteiger partial charge in [-0.2, -0.15) is 4.72 Å². The van der Waals surface area contributed by atoms with E-state index < -0.39 is 33.2 Å². The highest BCUT2D eigenvalue weighted by Gasteiger charge is 2.27.